The van der Waals surface area contributed by atoms with Gasteiger partial charge in [-0.15, -0.1) is 5.10 Å². The van der Waals surface area contributed by atoms with Crippen molar-refractivity contribution in [3.63, 3.8) is 0 Å². The molecule has 1 atom stereocenters. The monoisotopic (exact) mass is 444 g/mol. The zero-order chi connectivity index (χ0) is 22.8. The van der Waals surface area contributed by atoms with Crippen LogP contribution in [0.4, 0.5) is 0 Å². The minimum Gasteiger partial charge on any atom is -0.496 e. The first-order valence-electron chi connectivity index (χ1n) is 11.1. The zero-order valence-corrected chi connectivity index (χ0v) is 19.2. The number of hydrogen-bond donors (Lipinski definition) is 0. The van der Waals surface area contributed by atoms with E-state index in [4.69, 9.17) is 9.47 Å². The van der Waals surface area contributed by atoms with Crippen LogP contribution in [0.15, 0.2) is 60.9 Å². The molecule has 0 aliphatic carbocycles. The van der Waals surface area contributed by atoms with Crippen LogP contribution in [0.5, 0.6) is 11.6 Å². The van der Waals surface area contributed by atoms with Crippen molar-refractivity contribution >= 4 is 5.52 Å². The topological polar surface area (TPSA) is 68.0 Å². The molecule has 3 aromatic heterocycles. The van der Waals surface area contributed by atoms with E-state index in [1.165, 1.54) is 0 Å². The Balaban J connectivity index is 1.42. The lowest BCUT2D eigenvalue weighted by Crippen LogP contribution is -2.46. The van der Waals surface area contributed by atoms with E-state index in [1.807, 2.05) is 35.0 Å². The number of benzene rings is 1. The van der Waals surface area contributed by atoms with Crippen molar-refractivity contribution in [3.05, 3.63) is 72.2 Å². The first-order valence-corrected chi connectivity index (χ1v) is 11.1. The molecule has 8 nitrogen and oxygen atoms in total. The fraction of sp³-hybridized carbons (Fsp3) is 0.320. The zero-order valence-electron chi connectivity index (χ0n) is 19.2. The fourth-order valence-corrected chi connectivity index (χ4v) is 4.53. The fourth-order valence-electron chi connectivity index (χ4n) is 4.53. The molecule has 1 saturated heterocycles. The van der Waals surface area contributed by atoms with Gasteiger partial charge in [-0.3, -0.25) is 9.80 Å². The van der Waals surface area contributed by atoms with Crippen molar-refractivity contribution in [1.29, 1.82) is 0 Å². The summed E-state index contributed by atoms with van der Waals surface area (Å²) in [6.45, 7) is 3.57. The van der Waals surface area contributed by atoms with Gasteiger partial charge in [0.25, 0.3) is 0 Å². The number of hydrogen-bond acceptors (Lipinski definition) is 7. The largest absolute Gasteiger partial charge is 0.496 e. The molecule has 1 aromatic carbocycles. The summed E-state index contributed by atoms with van der Waals surface area (Å²) >= 11 is 0. The number of likely N-dealkylation sites (N-methyl/N-ethyl adjacent to an activating group) is 1. The van der Waals surface area contributed by atoms with Crippen LogP contribution in [-0.4, -0.2) is 70.5 Å². The Bertz CT molecular complexity index is 1260. The molecule has 170 valence electrons. The molecule has 0 unspecified atom stereocenters. The minimum atomic E-state index is 0.149. The van der Waals surface area contributed by atoms with Crippen molar-refractivity contribution < 1.29 is 9.47 Å². The van der Waals surface area contributed by atoms with Gasteiger partial charge in [0.05, 0.1) is 25.8 Å². The number of fused-ring (bicyclic) bond motifs is 1. The minimum absolute atomic E-state index is 0.149. The lowest BCUT2D eigenvalue weighted by atomic mass is 10.0. The van der Waals surface area contributed by atoms with Crippen LogP contribution >= 0.6 is 0 Å². The van der Waals surface area contributed by atoms with Crippen LogP contribution in [0.1, 0.15) is 17.3 Å². The van der Waals surface area contributed by atoms with Gasteiger partial charge >= 0.3 is 0 Å². The van der Waals surface area contributed by atoms with Gasteiger partial charge in [0.15, 0.2) is 0 Å². The van der Waals surface area contributed by atoms with Crippen molar-refractivity contribution in [3.8, 4) is 22.8 Å². The van der Waals surface area contributed by atoms with Crippen molar-refractivity contribution in [2.45, 2.75) is 12.6 Å². The van der Waals surface area contributed by atoms with Gasteiger partial charge in [0.1, 0.15) is 11.4 Å². The van der Waals surface area contributed by atoms with Crippen LogP contribution in [0.25, 0.3) is 16.6 Å². The third-order valence-corrected chi connectivity index (χ3v) is 6.34. The maximum atomic E-state index is 5.53. The third kappa shape index (κ3) is 4.15. The molecule has 0 spiro atoms. The number of aromatic nitrogens is 4. The van der Waals surface area contributed by atoms with E-state index in [-0.39, 0.29) is 6.04 Å². The molecule has 0 radical (unpaired) electrons. The van der Waals surface area contributed by atoms with E-state index >= 15 is 0 Å². The molecule has 5 rings (SSSR count). The summed E-state index contributed by atoms with van der Waals surface area (Å²) in [5.74, 6) is 1.52. The van der Waals surface area contributed by atoms with E-state index in [9.17, 15) is 0 Å². The number of methoxy groups -OCH3 is 2. The highest BCUT2D eigenvalue weighted by atomic mass is 16.5. The normalized spacial score (nSPS) is 17.4. The number of ether oxygens (including phenoxy) is 2. The van der Waals surface area contributed by atoms with Crippen LogP contribution in [0, 0.1) is 0 Å². The standard InChI is InChI=1S/C25H28N6O2/c1-29-13-14-30(15-19-7-6-12-26-25(19)33-3)17-22(29)24-21-11-10-18(16-31(21)28-27-24)20-8-4-5-9-23(20)32-2/h4-12,16,22H,13-15,17H2,1-3H3/t22-/m0/s1. The number of piperazine rings is 1. The first kappa shape index (κ1) is 21.4. The number of nitrogens with zero attached hydrogens (tertiary/aromatic N) is 6. The molecular weight excluding hydrogens is 416 g/mol. The van der Waals surface area contributed by atoms with E-state index < -0.39 is 0 Å². The van der Waals surface area contributed by atoms with Crippen molar-refractivity contribution in [1.82, 2.24) is 29.6 Å². The number of rotatable bonds is 6. The van der Waals surface area contributed by atoms with Crippen molar-refractivity contribution in [2.75, 3.05) is 40.9 Å². The van der Waals surface area contributed by atoms with E-state index in [0.717, 1.165) is 59.8 Å². The molecule has 4 aromatic rings. The van der Waals surface area contributed by atoms with Gasteiger partial charge in [-0.2, -0.15) is 0 Å². The van der Waals surface area contributed by atoms with Crippen LogP contribution in [0.3, 0.4) is 0 Å². The van der Waals surface area contributed by atoms with Gasteiger partial charge in [-0.25, -0.2) is 9.50 Å². The molecule has 0 bridgehead atoms. The summed E-state index contributed by atoms with van der Waals surface area (Å²) in [4.78, 5) is 9.12. The number of pyridine rings is 2. The number of para-hydroxylation sites is 1. The average Bonchev–Trinajstić information content (AvgIpc) is 3.28. The van der Waals surface area contributed by atoms with Crippen LogP contribution < -0.4 is 9.47 Å². The Hall–Kier alpha value is -3.49. The summed E-state index contributed by atoms with van der Waals surface area (Å²) in [5.41, 5.74) is 5.18. The highest BCUT2D eigenvalue weighted by molar-refractivity contribution is 5.71. The Morgan fingerprint density at radius 1 is 1.00 bits per heavy atom. The van der Waals surface area contributed by atoms with Gasteiger partial charge in [0.2, 0.25) is 5.88 Å². The Morgan fingerprint density at radius 3 is 2.73 bits per heavy atom. The summed E-state index contributed by atoms with van der Waals surface area (Å²) in [6.07, 6.45) is 3.78. The summed E-state index contributed by atoms with van der Waals surface area (Å²) in [5, 5.41) is 9.06. The second-order valence-electron chi connectivity index (χ2n) is 8.33. The lowest BCUT2D eigenvalue weighted by molar-refractivity contribution is 0.0882. The second-order valence-corrected chi connectivity index (χ2v) is 8.33. The molecular formula is C25H28N6O2. The van der Waals surface area contributed by atoms with Gasteiger partial charge < -0.3 is 9.47 Å². The second kappa shape index (κ2) is 9.17. The first-order chi connectivity index (χ1) is 16.2. The lowest BCUT2D eigenvalue weighted by Gasteiger charge is -2.38. The SMILES string of the molecule is COc1ccccc1-c1ccc2c([C@@H]3CN(Cc4cccnc4OC)CCN3C)nnn2c1. The van der Waals surface area contributed by atoms with Crippen LogP contribution in [-0.2, 0) is 6.54 Å². The summed E-state index contributed by atoms with van der Waals surface area (Å²) in [7, 11) is 5.51. The third-order valence-electron chi connectivity index (χ3n) is 6.34. The van der Waals surface area contributed by atoms with Crippen molar-refractivity contribution in [2.24, 2.45) is 0 Å². The Labute approximate surface area is 193 Å². The highest BCUT2D eigenvalue weighted by Crippen LogP contribution is 2.32. The summed E-state index contributed by atoms with van der Waals surface area (Å²) in [6, 6.07) is 16.4. The molecule has 1 aliphatic rings. The molecule has 8 heteroatoms. The molecule has 1 fully saturated rings. The molecule has 0 amide bonds. The summed E-state index contributed by atoms with van der Waals surface area (Å²) < 4.78 is 12.8. The molecule has 0 N–H and O–H groups in total. The van der Waals surface area contributed by atoms with E-state index in [0.29, 0.717) is 5.88 Å². The Morgan fingerprint density at radius 2 is 1.88 bits per heavy atom. The maximum Gasteiger partial charge on any atom is 0.217 e. The molecule has 1 aliphatic heterocycles. The average molecular weight is 445 g/mol. The molecule has 33 heavy (non-hydrogen) atoms. The molecule has 4 heterocycles. The van der Waals surface area contributed by atoms with Gasteiger partial charge in [0, 0.05) is 55.3 Å². The van der Waals surface area contributed by atoms with E-state index in [2.05, 4.69) is 56.4 Å². The maximum absolute atomic E-state index is 5.53. The predicted molar refractivity (Wildman–Crippen MR) is 126 cm³/mol. The smallest absolute Gasteiger partial charge is 0.217 e. The highest BCUT2D eigenvalue weighted by Gasteiger charge is 2.30. The Kier molecular flexibility index (Phi) is 5.93. The van der Waals surface area contributed by atoms with Crippen LogP contribution in [0.2, 0.25) is 0 Å². The van der Waals surface area contributed by atoms with E-state index in [1.54, 1.807) is 20.4 Å². The quantitative estimate of drug-likeness (QED) is 0.452. The predicted octanol–water partition coefficient (Wildman–Crippen LogP) is 3.30. The van der Waals surface area contributed by atoms with Gasteiger partial charge in [-0.1, -0.05) is 35.5 Å². The van der Waals surface area contributed by atoms with Gasteiger partial charge in [-0.05, 0) is 25.2 Å². The molecule has 0 saturated carbocycles.